The Hall–Kier alpha value is -2.35. The number of thioether (sulfide) groups is 1. The topological polar surface area (TPSA) is 43.9 Å². The second-order valence-electron chi connectivity index (χ2n) is 7.31. The lowest BCUT2D eigenvalue weighted by Gasteiger charge is -2.36. The molecule has 5 nitrogen and oxygen atoms in total. The highest BCUT2D eigenvalue weighted by molar-refractivity contribution is 8.26. The summed E-state index contributed by atoms with van der Waals surface area (Å²) in [6.07, 6.45) is 2.02. The summed E-state index contributed by atoms with van der Waals surface area (Å²) in [6, 6.07) is 17.6. The van der Waals surface area contributed by atoms with E-state index in [1.807, 2.05) is 41.3 Å². The van der Waals surface area contributed by atoms with Crippen molar-refractivity contribution in [2.45, 2.75) is 6.42 Å². The van der Waals surface area contributed by atoms with Crippen molar-refractivity contribution in [2.24, 2.45) is 0 Å². The molecule has 2 amide bonds. The average molecular weight is 472 g/mol. The van der Waals surface area contributed by atoms with Crippen LogP contribution in [0.3, 0.4) is 0 Å². The summed E-state index contributed by atoms with van der Waals surface area (Å²) in [6.45, 7) is 3.26. The van der Waals surface area contributed by atoms with Crippen LogP contribution in [0.1, 0.15) is 12.0 Å². The summed E-state index contributed by atoms with van der Waals surface area (Å²) in [7, 11) is 0. The number of anilines is 1. The Labute approximate surface area is 196 Å². The van der Waals surface area contributed by atoms with E-state index in [1.165, 1.54) is 22.3 Å². The predicted octanol–water partition coefficient (Wildman–Crippen LogP) is 4.28. The first-order valence-corrected chi connectivity index (χ1v) is 11.7. The van der Waals surface area contributed by atoms with Crippen molar-refractivity contribution in [1.82, 2.24) is 9.80 Å². The highest BCUT2D eigenvalue weighted by Crippen LogP contribution is 2.33. The number of hydrogen-bond donors (Lipinski definition) is 0. The molecule has 8 heteroatoms. The number of piperazine rings is 1. The number of halogens is 1. The highest BCUT2D eigenvalue weighted by atomic mass is 35.5. The molecule has 31 heavy (non-hydrogen) atoms. The van der Waals surface area contributed by atoms with Crippen molar-refractivity contribution >= 4 is 63.5 Å². The zero-order chi connectivity index (χ0) is 21.8. The molecule has 0 N–H and O–H groups in total. The second-order valence-corrected chi connectivity index (χ2v) is 9.39. The van der Waals surface area contributed by atoms with Crippen LogP contribution in [0.25, 0.3) is 6.08 Å². The number of nitrogens with zero attached hydrogens (tertiary/aromatic N) is 3. The third-order valence-electron chi connectivity index (χ3n) is 5.37. The molecule has 0 saturated carbocycles. The third-order valence-corrected chi connectivity index (χ3v) is 7.09. The van der Waals surface area contributed by atoms with E-state index in [9.17, 15) is 9.59 Å². The monoisotopic (exact) mass is 471 g/mol. The van der Waals surface area contributed by atoms with Gasteiger partial charge in [-0.25, -0.2) is 0 Å². The minimum atomic E-state index is -0.170. The molecule has 2 aromatic rings. The summed E-state index contributed by atoms with van der Waals surface area (Å²) < 4.78 is 0.477. The Morgan fingerprint density at radius 3 is 2.42 bits per heavy atom. The van der Waals surface area contributed by atoms with Crippen molar-refractivity contribution in [2.75, 3.05) is 37.6 Å². The van der Waals surface area contributed by atoms with E-state index in [4.69, 9.17) is 23.8 Å². The van der Waals surface area contributed by atoms with E-state index in [1.54, 1.807) is 12.1 Å². The molecule has 2 aromatic carbocycles. The molecule has 2 aliphatic heterocycles. The van der Waals surface area contributed by atoms with Crippen LogP contribution in [-0.4, -0.2) is 58.7 Å². The maximum atomic E-state index is 12.8. The number of rotatable bonds is 5. The molecule has 0 bridgehead atoms. The van der Waals surface area contributed by atoms with Gasteiger partial charge >= 0.3 is 0 Å². The fourth-order valence-corrected chi connectivity index (χ4v) is 5.13. The molecule has 0 radical (unpaired) electrons. The van der Waals surface area contributed by atoms with Crippen LogP contribution in [0.4, 0.5) is 5.69 Å². The molecule has 0 aromatic heterocycles. The molecule has 0 unspecified atom stereocenters. The SMILES string of the molecule is O=C(CCN1C(=O)/C(=C\c2ccccc2Cl)SC1=S)N1CCN(c2ccccc2)CC1. The Bertz CT molecular complexity index is 1020. The van der Waals surface area contributed by atoms with Gasteiger partial charge in [0.15, 0.2) is 0 Å². The van der Waals surface area contributed by atoms with E-state index in [-0.39, 0.29) is 18.2 Å². The summed E-state index contributed by atoms with van der Waals surface area (Å²) in [5.74, 6) is -0.117. The molecule has 0 aliphatic carbocycles. The van der Waals surface area contributed by atoms with Gasteiger partial charge in [-0.1, -0.05) is 72.0 Å². The zero-order valence-electron chi connectivity index (χ0n) is 16.9. The quantitative estimate of drug-likeness (QED) is 0.481. The van der Waals surface area contributed by atoms with Gasteiger partial charge in [-0.3, -0.25) is 14.5 Å². The lowest BCUT2D eigenvalue weighted by molar-refractivity contribution is -0.132. The molecule has 2 saturated heterocycles. The van der Waals surface area contributed by atoms with E-state index < -0.39 is 0 Å². The number of benzene rings is 2. The van der Waals surface area contributed by atoms with Crippen LogP contribution in [0.15, 0.2) is 59.5 Å². The highest BCUT2D eigenvalue weighted by Gasteiger charge is 2.33. The number of amides is 2. The van der Waals surface area contributed by atoms with Gasteiger partial charge < -0.3 is 9.80 Å². The first-order valence-electron chi connectivity index (χ1n) is 10.1. The molecular weight excluding hydrogens is 450 g/mol. The summed E-state index contributed by atoms with van der Waals surface area (Å²) in [5, 5.41) is 0.581. The molecule has 160 valence electrons. The predicted molar refractivity (Wildman–Crippen MR) is 131 cm³/mol. The Morgan fingerprint density at radius 2 is 1.71 bits per heavy atom. The molecule has 2 fully saturated rings. The van der Waals surface area contributed by atoms with Gasteiger partial charge in [0.2, 0.25) is 5.91 Å². The lowest BCUT2D eigenvalue weighted by atomic mass is 10.2. The molecular formula is C23H22ClN3O2S2. The molecule has 2 heterocycles. The average Bonchev–Trinajstić information content (AvgIpc) is 3.06. The molecule has 2 aliphatic rings. The van der Waals surface area contributed by atoms with Crippen molar-refractivity contribution in [3.05, 3.63) is 70.1 Å². The fourth-order valence-electron chi connectivity index (χ4n) is 3.64. The standard InChI is InChI=1S/C23H22ClN3O2S2/c24-19-9-5-4-6-17(19)16-20-22(29)27(23(30)31-20)11-10-21(28)26-14-12-25(13-15-26)18-7-2-1-3-8-18/h1-9,16H,10-15H2/b20-16+. The number of carbonyl (C=O) groups excluding carboxylic acids is 2. The van der Waals surface area contributed by atoms with E-state index >= 15 is 0 Å². The van der Waals surface area contributed by atoms with Crippen molar-refractivity contribution in [1.29, 1.82) is 0 Å². The van der Waals surface area contributed by atoms with Gasteiger partial charge in [0.1, 0.15) is 4.32 Å². The fraction of sp³-hybridized carbons (Fsp3) is 0.261. The van der Waals surface area contributed by atoms with Crippen LogP contribution in [-0.2, 0) is 9.59 Å². The first kappa shape index (κ1) is 21.9. The molecule has 0 spiro atoms. The van der Waals surface area contributed by atoms with Crippen molar-refractivity contribution in [3.8, 4) is 0 Å². The summed E-state index contributed by atoms with van der Waals surface area (Å²) >= 11 is 12.8. The second kappa shape index (κ2) is 9.85. The Morgan fingerprint density at radius 1 is 1.03 bits per heavy atom. The largest absolute Gasteiger partial charge is 0.368 e. The zero-order valence-corrected chi connectivity index (χ0v) is 19.3. The van der Waals surface area contributed by atoms with E-state index in [0.717, 1.165) is 18.7 Å². The van der Waals surface area contributed by atoms with Crippen LogP contribution in [0, 0.1) is 0 Å². The van der Waals surface area contributed by atoms with Crippen LogP contribution >= 0.6 is 35.6 Å². The van der Waals surface area contributed by atoms with Gasteiger partial charge in [-0.05, 0) is 29.8 Å². The van der Waals surface area contributed by atoms with Crippen LogP contribution in [0.5, 0.6) is 0 Å². The van der Waals surface area contributed by atoms with Crippen molar-refractivity contribution in [3.63, 3.8) is 0 Å². The molecule has 0 atom stereocenters. The number of carbonyl (C=O) groups is 2. The number of thiocarbonyl (C=S) groups is 1. The van der Waals surface area contributed by atoms with Crippen molar-refractivity contribution < 1.29 is 9.59 Å². The smallest absolute Gasteiger partial charge is 0.266 e. The van der Waals surface area contributed by atoms with Gasteiger partial charge in [0.05, 0.1) is 4.91 Å². The van der Waals surface area contributed by atoms with E-state index in [0.29, 0.717) is 33.9 Å². The summed E-state index contributed by atoms with van der Waals surface area (Å²) in [5.41, 5.74) is 1.95. The van der Waals surface area contributed by atoms with Gasteiger partial charge in [-0.2, -0.15) is 0 Å². The van der Waals surface area contributed by atoms with Gasteiger partial charge in [0, 0.05) is 49.9 Å². The molecule has 4 rings (SSSR count). The first-order chi connectivity index (χ1) is 15.0. The maximum absolute atomic E-state index is 12.8. The summed E-state index contributed by atoms with van der Waals surface area (Å²) in [4.78, 5) is 31.7. The van der Waals surface area contributed by atoms with Gasteiger partial charge in [-0.15, -0.1) is 0 Å². The maximum Gasteiger partial charge on any atom is 0.266 e. The van der Waals surface area contributed by atoms with E-state index in [2.05, 4.69) is 17.0 Å². The Balaban J connectivity index is 1.31. The van der Waals surface area contributed by atoms with Crippen LogP contribution in [0.2, 0.25) is 5.02 Å². The van der Waals surface area contributed by atoms with Crippen LogP contribution < -0.4 is 4.90 Å². The Kier molecular flexibility index (Phi) is 6.95. The normalized spacial score (nSPS) is 18.2. The minimum absolute atomic E-state index is 0.0526. The third kappa shape index (κ3) is 5.11. The lowest BCUT2D eigenvalue weighted by Crippen LogP contribution is -2.49. The minimum Gasteiger partial charge on any atom is -0.368 e. The number of hydrogen-bond acceptors (Lipinski definition) is 5. The van der Waals surface area contributed by atoms with Gasteiger partial charge in [0.25, 0.3) is 5.91 Å². The number of para-hydroxylation sites is 1.